The van der Waals surface area contributed by atoms with Crippen molar-refractivity contribution in [3.8, 4) is 5.88 Å². The minimum atomic E-state index is -0.777. The van der Waals surface area contributed by atoms with Crippen LogP contribution in [-0.4, -0.2) is 22.4 Å². The summed E-state index contributed by atoms with van der Waals surface area (Å²) in [4.78, 5) is 0. The predicted octanol–water partition coefficient (Wildman–Crippen LogP) is 2.78. The van der Waals surface area contributed by atoms with Crippen LogP contribution in [0.2, 0.25) is 0 Å². The smallest absolute Gasteiger partial charge is 0.233 e. The minimum absolute atomic E-state index is 0.435. The lowest BCUT2D eigenvalue weighted by Gasteiger charge is -2.11. The zero-order valence-corrected chi connectivity index (χ0v) is 11.1. The minimum Gasteiger partial charge on any atom is -0.480 e. The van der Waals surface area contributed by atoms with Crippen LogP contribution >= 0.6 is 11.3 Å². The highest BCUT2D eigenvalue weighted by atomic mass is 32.1. The van der Waals surface area contributed by atoms with Gasteiger partial charge in [0, 0.05) is 16.3 Å². The number of fused-ring (bicyclic) bond motifs is 1. The SMILES string of the molecule is COc1ccc(C(O)c2cccc3ccsc23)nn1. The summed E-state index contributed by atoms with van der Waals surface area (Å²) in [6, 6.07) is 11.3. The molecule has 0 saturated heterocycles. The van der Waals surface area contributed by atoms with E-state index in [-0.39, 0.29) is 0 Å². The van der Waals surface area contributed by atoms with Gasteiger partial charge in [0.15, 0.2) is 0 Å². The van der Waals surface area contributed by atoms with Gasteiger partial charge in [-0.2, -0.15) is 0 Å². The number of hydrogen-bond acceptors (Lipinski definition) is 5. The molecule has 0 bridgehead atoms. The van der Waals surface area contributed by atoms with E-state index >= 15 is 0 Å². The fourth-order valence-electron chi connectivity index (χ4n) is 1.98. The lowest BCUT2D eigenvalue weighted by Crippen LogP contribution is -2.04. The van der Waals surface area contributed by atoms with Crippen molar-refractivity contribution >= 4 is 21.4 Å². The summed E-state index contributed by atoms with van der Waals surface area (Å²) in [6.45, 7) is 0. The summed E-state index contributed by atoms with van der Waals surface area (Å²) in [5, 5.41) is 21.5. The van der Waals surface area contributed by atoms with Gasteiger partial charge in [0.2, 0.25) is 5.88 Å². The van der Waals surface area contributed by atoms with Crippen LogP contribution in [0.1, 0.15) is 17.4 Å². The summed E-state index contributed by atoms with van der Waals surface area (Å²) < 4.78 is 6.04. The Kier molecular flexibility index (Phi) is 3.15. The van der Waals surface area contributed by atoms with Crippen LogP contribution in [0.4, 0.5) is 0 Å². The third kappa shape index (κ3) is 2.18. The number of thiophene rings is 1. The highest BCUT2D eigenvalue weighted by molar-refractivity contribution is 7.17. The molecule has 0 aliphatic carbocycles. The Labute approximate surface area is 114 Å². The Morgan fingerprint density at radius 2 is 2.05 bits per heavy atom. The molecule has 1 atom stereocenters. The molecule has 0 aliphatic heterocycles. The van der Waals surface area contributed by atoms with Crippen LogP contribution in [0.3, 0.4) is 0 Å². The second kappa shape index (κ2) is 4.95. The van der Waals surface area contributed by atoms with E-state index in [1.165, 1.54) is 7.11 Å². The van der Waals surface area contributed by atoms with Crippen molar-refractivity contribution in [2.75, 3.05) is 7.11 Å². The zero-order chi connectivity index (χ0) is 13.2. The van der Waals surface area contributed by atoms with Crippen molar-refractivity contribution in [1.82, 2.24) is 10.2 Å². The second-order valence-electron chi connectivity index (χ2n) is 4.09. The van der Waals surface area contributed by atoms with E-state index in [9.17, 15) is 5.11 Å². The molecule has 3 rings (SSSR count). The Balaban J connectivity index is 2.02. The van der Waals surface area contributed by atoms with E-state index in [4.69, 9.17) is 4.74 Å². The van der Waals surface area contributed by atoms with E-state index in [2.05, 4.69) is 10.2 Å². The number of aliphatic hydroxyl groups is 1. The normalized spacial score (nSPS) is 12.5. The van der Waals surface area contributed by atoms with Crippen LogP contribution in [0.15, 0.2) is 41.8 Å². The first kappa shape index (κ1) is 12.1. The van der Waals surface area contributed by atoms with Gasteiger partial charge in [-0.05, 0) is 22.9 Å². The lowest BCUT2D eigenvalue weighted by molar-refractivity contribution is 0.215. The number of ether oxygens (including phenoxy) is 1. The molecule has 5 heteroatoms. The quantitative estimate of drug-likeness (QED) is 0.796. The third-order valence-electron chi connectivity index (χ3n) is 2.95. The van der Waals surface area contributed by atoms with Gasteiger partial charge in [0.05, 0.1) is 12.8 Å². The van der Waals surface area contributed by atoms with Gasteiger partial charge < -0.3 is 9.84 Å². The van der Waals surface area contributed by atoms with Crippen LogP contribution in [-0.2, 0) is 0 Å². The standard InChI is InChI=1S/C14H12N2O2S/c1-18-12-6-5-11(15-16-12)13(17)10-4-2-3-9-7-8-19-14(9)10/h2-8,13,17H,1H3. The van der Waals surface area contributed by atoms with Crippen LogP contribution in [0.5, 0.6) is 5.88 Å². The number of nitrogens with zero attached hydrogens (tertiary/aromatic N) is 2. The maximum absolute atomic E-state index is 10.4. The van der Waals surface area contributed by atoms with E-state index < -0.39 is 6.10 Å². The maximum Gasteiger partial charge on any atom is 0.233 e. The molecule has 19 heavy (non-hydrogen) atoms. The van der Waals surface area contributed by atoms with Gasteiger partial charge in [0.25, 0.3) is 0 Å². The summed E-state index contributed by atoms with van der Waals surface area (Å²) in [7, 11) is 1.53. The van der Waals surface area contributed by atoms with Crippen LogP contribution in [0, 0.1) is 0 Å². The summed E-state index contributed by atoms with van der Waals surface area (Å²) in [6.07, 6.45) is -0.777. The molecule has 2 aromatic heterocycles. The molecule has 0 radical (unpaired) electrons. The van der Waals surface area contributed by atoms with Crippen molar-refractivity contribution in [3.63, 3.8) is 0 Å². The highest BCUT2D eigenvalue weighted by Gasteiger charge is 2.16. The predicted molar refractivity (Wildman–Crippen MR) is 74.5 cm³/mol. The summed E-state index contributed by atoms with van der Waals surface area (Å²) >= 11 is 1.61. The molecule has 0 amide bonds. The molecule has 1 N–H and O–H groups in total. The number of hydrogen-bond donors (Lipinski definition) is 1. The van der Waals surface area contributed by atoms with Crippen molar-refractivity contribution in [2.45, 2.75) is 6.10 Å². The van der Waals surface area contributed by atoms with Crippen LogP contribution < -0.4 is 4.74 Å². The summed E-state index contributed by atoms with van der Waals surface area (Å²) in [5.74, 6) is 0.435. The summed E-state index contributed by atoms with van der Waals surface area (Å²) in [5.41, 5.74) is 1.37. The largest absolute Gasteiger partial charge is 0.480 e. The molecule has 3 aromatic rings. The molecule has 1 aromatic carbocycles. The fraction of sp³-hybridized carbons (Fsp3) is 0.143. The average molecular weight is 272 g/mol. The molecule has 0 spiro atoms. The Morgan fingerprint density at radius 3 is 2.79 bits per heavy atom. The number of benzene rings is 1. The molecule has 0 fully saturated rings. The van der Waals surface area contributed by atoms with Gasteiger partial charge in [0.1, 0.15) is 6.10 Å². The number of methoxy groups -OCH3 is 1. The lowest BCUT2D eigenvalue weighted by atomic mass is 10.0. The number of rotatable bonds is 3. The zero-order valence-electron chi connectivity index (χ0n) is 10.3. The van der Waals surface area contributed by atoms with Gasteiger partial charge in [-0.3, -0.25) is 0 Å². The van der Waals surface area contributed by atoms with Crippen molar-refractivity contribution < 1.29 is 9.84 Å². The van der Waals surface area contributed by atoms with Gasteiger partial charge in [-0.25, -0.2) is 0 Å². The number of aliphatic hydroxyl groups excluding tert-OH is 1. The van der Waals surface area contributed by atoms with E-state index in [0.717, 1.165) is 15.6 Å². The molecule has 0 aliphatic rings. The molecule has 1 unspecified atom stereocenters. The van der Waals surface area contributed by atoms with Crippen LogP contribution in [0.25, 0.3) is 10.1 Å². The fourth-order valence-corrected chi connectivity index (χ4v) is 2.91. The van der Waals surface area contributed by atoms with Gasteiger partial charge in [-0.15, -0.1) is 21.5 Å². The van der Waals surface area contributed by atoms with Crippen molar-refractivity contribution in [1.29, 1.82) is 0 Å². The molecular formula is C14H12N2O2S. The molecular weight excluding hydrogens is 260 g/mol. The third-order valence-corrected chi connectivity index (χ3v) is 3.93. The van der Waals surface area contributed by atoms with Crippen molar-refractivity contribution in [3.05, 3.63) is 53.0 Å². The first-order chi connectivity index (χ1) is 9.29. The highest BCUT2D eigenvalue weighted by Crippen LogP contribution is 2.31. The Morgan fingerprint density at radius 1 is 1.16 bits per heavy atom. The maximum atomic E-state index is 10.4. The molecule has 2 heterocycles. The Hall–Kier alpha value is -1.98. The van der Waals surface area contributed by atoms with E-state index in [1.807, 2.05) is 29.6 Å². The Bertz CT molecular complexity index is 694. The molecule has 4 nitrogen and oxygen atoms in total. The number of aromatic nitrogens is 2. The van der Waals surface area contributed by atoms with E-state index in [1.54, 1.807) is 23.5 Å². The van der Waals surface area contributed by atoms with Gasteiger partial charge >= 0.3 is 0 Å². The monoisotopic (exact) mass is 272 g/mol. The second-order valence-corrected chi connectivity index (χ2v) is 5.01. The van der Waals surface area contributed by atoms with Gasteiger partial charge in [-0.1, -0.05) is 18.2 Å². The topological polar surface area (TPSA) is 55.2 Å². The first-order valence-electron chi connectivity index (χ1n) is 5.81. The molecule has 0 saturated carbocycles. The van der Waals surface area contributed by atoms with E-state index in [0.29, 0.717) is 11.6 Å². The molecule has 96 valence electrons. The average Bonchev–Trinajstić information content (AvgIpc) is 2.95. The van der Waals surface area contributed by atoms with Crippen molar-refractivity contribution in [2.24, 2.45) is 0 Å². The first-order valence-corrected chi connectivity index (χ1v) is 6.69.